The predicted octanol–water partition coefficient (Wildman–Crippen LogP) is 4.62. The van der Waals surface area contributed by atoms with Crippen LogP contribution in [0, 0.1) is 5.41 Å². The summed E-state index contributed by atoms with van der Waals surface area (Å²) in [7, 11) is -1.94. The van der Waals surface area contributed by atoms with Crippen LogP contribution in [0.3, 0.4) is 0 Å². The van der Waals surface area contributed by atoms with Gasteiger partial charge in [0.25, 0.3) is 14.3 Å². The van der Waals surface area contributed by atoms with Crippen molar-refractivity contribution in [1.29, 1.82) is 0 Å². The molecule has 0 atom stereocenters. The van der Waals surface area contributed by atoms with E-state index in [1.165, 1.54) is 6.26 Å². The summed E-state index contributed by atoms with van der Waals surface area (Å²) in [6.45, 7) is 16.2. The van der Waals surface area contributed by atoms with Gasteiger partial charge in [0, 0.05) is 0 Å². The summed E-state index contributed by atoms with van der Waals surface area (Å²) in [5, 5.41) is 0.0854. The molecule has 1 rings (SSSR count). The molecule has 0 aliphatic heterocycles. The van der Waals surface area contributed by atoms with Gasteiger partial charge in [-0.1, -0.05) is 20.8 Å². The fourth-order valence-corrected chi connectivity index (χ4v) is 1.99. The SMILES string of the molecule is CC(C)(C)C(=O)Oc1coc(O[Si](C)(C)C(C)(C)C)c1. The molecule has 0 radical (unpaired) electrons. The average Bonchev–Trinajstić information content (AvgIpc) is 2.61. The summed E-state index contributed by atoms with van der Waals surface area (Å²) in [4.78, 5) is 11.8. The van der Waals surface area contributed by atoms with E-state index in [9.17, 15) is 4.79 Å². The minimum absolute atomic E-state index is 0.0854. The van der Waals surface area contributed by atoms with Crippen LogP contribution in [0.1, 0.15) is 41.5 Å². The van der Waals surface area contributed by atoms with E-state index in [-0.39, 0.29) is 11.0 Å². The van der Waals surface area contributed by atoms with Crippen LogP contribution in [0.4, 0.5) is 0 Å². The highest BCUT2D eigenvalue weighted by atomic mass is 28.4. The van der Waals surface area contributed by atoms with Gasteiger partial charge in [0.15, 0.2) is 5.75 Å². The average molecular weight is 298 g/mol. The van der Waals surface area contributed by atoms with Crippen molar-refractivity contribution in [2.75, 3.05) is 0 Å². The Labute approximate surface area is 122 Å². The Balaban J connectivity index is 2.77. The highest BCUT2D eigenvalue weighted by Gasteiger charge is 2.39. The molecule has 1 heterocycles. The van der Waals surface area contributed by atoms with E-state index < -0.39 is 13.7 Å². The lowest BCUT2D eigenvalue weighted by Gasteiger charge is -2.35. The number of furan rings is 1. The Hall–Kier alpha value is -1.23. The maximum Gasteiger partial charge on any atom is 0.316 e. The second-order valence-corrected chi connectivity index (χ2v) is 12.3. The molecule has 0 aliphatic rings. The molecule has 0 bridgehead atoms. The largest absolute Gasteiger partial charge is 0.519 e. The Morgan fingerprint density at radius 1 is 1.15 bits per heavy atom. The second-order valence-electron chi connectivity index (χ2n) is 7.60. The number of carbonyl (C=O) groups is 1. The predicted molar refractivity (Wildman–Crippen MR) is 81.6 cm³/mol. The lowest BCUT2D eigenvalue weighted by Crippen LogP contribution is -2.43. The summed E-state index contributed by atoms with van der Waals surface area (Å²) in [6, 6.07) is 1.63. The van der Waals surface area contributed by atoms with Crippen LogP contribution < -0.4 is 9.16 Å². The molecule has 0 saturated heterocycles. The highest BCUT2D eigenvalue weighted by molar-refractivity contribution is 6.74. The van der Waals surface area contributed by atoms with Gasteiger partial charge in [-0.15, -0.1) is 0 Å². The molecule has 20 heavy (non-hydrogen) atoms. The summed E-state index contributed by atoms with van der Waals surface area (Å²) in [5.74, 6) is 0.504. The van der Waals surface area contributed by atoms with Gasteiger partial charge in [0.05, 0.1) is 11.5 Å². The molecule has 5 heteroatoms. The standard InChI is InChI=1S/C15H26O4Si/c1-14(2,3)13(16)18-11-9-12(17-10-11)19-20(7,8)15(4,5)6/h9-10H,1-8H3. The molecule has 0 saturated carbocycles. The molecule has 0 amide bonds. The molecule has 1 aromatic heterocycles. The summed E-state index contributed by atoms with van der Waals surface area (Å²) in [5.41, 5.74) is -0.544. The Bertz CT molecular complexity index is 475. The van der Waals surface area contributed by atoms with Gasteiger partial charge < -0.3 is 13.6 Å². The van der Waals surface area contributed by atoms with E-state index in [1.54, 1.807) is 6.07 Å². The van der Waals surface area contributed by atoms with E-state index in [2.05, 4.69) is 33.9 Å². The first kappa shape index (κ1) is 16.8. The highest BCUT2D eigenvalue weighted by Crippen LogP contribution is 2.38. The van der Waals surface area contributed by atoms with Crippen molar-refractivity contribution in [2.45, 2.75) is 59.7 Å². The van der Waals surface area contributed by atoms with Gasteiger partial charge in [0.1, 0.15) is 6.26 Å². The van der Waals surface area contributed by atoms with E-state index in [0.717, 1.165) is 0 Å². The summed E-state index contributed by atoms with van der Waals surface area (Å²) < 4.78 is 16.6. The number of carbonyl (C=O) groups excluding carboxylic acids is 1. The second kappa shape index (κ2) is 5.28. The summed E-state index contributed by atoms with van der Waals surface area (Å²) in [6.07, 6.45) is 1.41. The topological polar surface area (TPSA) is 48.7 Å². The Kier molecular flexibility index (Phi) is 4.44. The van der Waals surface area contributed by atoms with Crippen molar-refractivity contribution in [3.05, 3.63) is 12.3 Å². The van der Waals surface area contributed by atoms with Crippen molar-refractivity contribution >= 4 is 14.3 Å². The first-order chi connectivity index (χ1) is 8.83. The number of hydrogen-bond donors (Lipinski definition) is 0. The third-order valence-corrected chi connectivity index (χ3v) is 7.86. The number of ether oxygens (including phenoxy) is 1. The fraction of sp³-hybridized carbons (Fsp3) is 0.667. The third-order valence-electron chi connectivity index (χ3n) is 3.54. The van der Waals surface area contributed by atoms with Crippen LogP contribution in [0.2, 0.25) is 18.1 Å². The molecule has 0 N–H and O–H groups in total. The number of rotatable bonds is 3. The molecular formula is C15H26O4Si. The van der Waals surface area contributed by atoms with E-state index in [0.29, 0.717) is 11.7 Å². The Morgan fingerprint density at radius 2 is 1.70 bits per heavy atom. The fourth-order valence-electron chi connectivity index (χ4n) is 1.07. The first-order valence-corrected chi connectivity index (χ1v) is 9.73. The van der Waals surface area contributed by atoms with Crippen LogP contribution in [0.15, 0.2) is 16.7 Å². The van der Waals surface area contributed by atoms with Gasteiger partial charge in [0.2, 0.25) is 0 Å². The number of esters is 1. The van der Waals surface area contributed by atoms with E-state index >= 15 is 0 Å². The van der Waals surface area contributed by atoms with Crippen molar-refractivity contribution in [3.8, 4) is 11.7 Å². The van der Waals surface area contributed by atoms with Crippen molar-refractivity contribution in [3.63, 3.8) is 0 Å². The first-order valence-electron chi connectivity index (χ1n) is 6.83. The van der Waals surface area contributed by atoms with E-state index in [1.807, 2.05) is 20.8 Å². The van der Waals surface area contributed by atoms with Crippen LogP contribution in [-0.2, 0) is 4.79 Å². The molecule has 0 fully saturated rings. The van der Waals surface area contributed by atoms with E-state index in [4.69, 9.17) is 13.6 Å². The third kappa shape index (κ3) is 4.13. The summed E-state index contributed by atoms with van der Waals surface area (Å²) >= 11 is 0. The molecule has 0 unspecified atom stereocenters. The Morgan fingerprint density at radius 3 is 2.15 bits per heavy atom. The maximum atomic E-state index is 11.8. The van der Waals surface area contributed by atoms with Crippen molar-refractivity contribution in [1.82, 2.24) is 0 Å². The van der Waals surface area contributed by atoms with Crippen LogP contribution >= 0.6 is 0 Å². The monoisotopic (exact) mass is 298 g/mol. The molecular weight excluding hydrogens is 272 g/mol. The van der Waals surface area contributed by atoms with Crippen molar-refractivity contribution in [2.24, 2.45) is 5.41 Å². The normalized spacial score (nSPS) is 13.2. The zero-order valence-electron chi connectivity index (χ0n) is 13.8. The van der Waals surface area contributed by atoms with Crippen LogP contribution in [0.5, 0.6) is 11.7 Å². The quantitative estimate of drug-likeness (QED) is 0.603. The maximum absolute atomic E-state index is 11.8. The van der Waals surface area contributed by atoms with Crippen LogP contribution in [0.25, 0.3) is 0 Å². The zero-order valence-corrected chi connectivity index (χ0v) is 14.8. The smallest absolute Gasteiger partial charge is 0.316 e. The van der Waals surface area contributed by atoms with Gasteiger partial charge in [-0.05, 0) is 38.9 Å². The van der Waals surface area contributed by atoms with Gasteiger partial charge >= 0.3 is 5.97 Å². The lowest BCUT2D eigenvalue weighted by molar-refractivity contribution is -0.143. The minimum Gasteiger partial charge on any atom is -0.519 e. The number of hydrogen-bond acceptors (Lipinski definition) is 4. The van der Waals surface area contributed by atoms with Gasteiger partial charge in [-0.25, -0.2) is 0 Å². The van der Waals surface area contributed by atoms with Gasteiger partial charge in [-0.2, -0.15) is 0 Å². The van der Waals surface area contributed by atoms with Crippen molar-refractivity contribution < 1.29 is 18.4 Å². The minimum atomic E-state index is -1.94. The molecule has 4 nitrogen and oxygen atoms in total. The molecule has 0 aromatic carbocycles. The van der Waals surface area contributed by atoms with Crippen LogP contribution in [-0.4, -0.2) is 14.3 Å². The molecule has 0 aliphatic carbocycles. The molecule has 114 valence electrons. The molecule has 1 aromatic rings. The molecule has 0 spiro atoms. The van der Waals surface area contributed by atoms with Gasteiger partial charge in [-0.3, -0.25) is 4.79 Å². The zero-order chi connectivity index (χ0) is 15.8. The lowest BCUT2D eigenvalue weighted by atomic mass is 9.97.